The third-order valence-corrected chi connectivity index (χ3v) is 7.38. The van der Waals surface area contributed by atoms with Crippen LogP contribution in [0.2, 0.25) is 0 Å². The molecule has 8 heteroatoms. The van der Waals surface area contributed by atoms with E-state index in [9.17, 15) is 13.7 Å². The van der Waals surface area contributed by atoms with Gasteiger partial charge in [-0.3, -0.25) is 9.71 Å². The van der Waals surface area contributed by atoms with Gasteiger partial charge in [0.2, 0.25) is 10.0 Å². The zero-order valence-electron chi connectivity index (χ0n) is 20.6. The number of nitriles is 1. The molecule has 2 unspecified atom stereocenters. The first-order valence-corrected chi connectivity index (χ1v) is 14.3. The van der Waals surface area contributed by atoms with Crippen LogP contribution < -0.4 is 4.72 Å². The highest BCUT2D eigenvalue weighted by molar-refractivity contribution is 7.89. The third kappa shape index (κ3) is 7.23. The zero-order chi connectivity index (χ0) is 24.6. The fraction of sp³-hybridized carbons (Fsp3) is 0.615. The Labute approximate surface area is 204 Å². The Morgan fingerprint density at radius 1 is 1.26 bits per heavy atom. The zero-order valence-corrected chi connectivity index (χ0v) is 21.4. The highest BCUT2D eigenvalue weighted by Gasteiger charge is 2.29. The van der Waals surface area contributed by atoms with E-state index >= 15 is 0 Å². The first-order valence-electron chi connectivity index (χ1n) is 12.4. The molecular weight excluding hydrogens is 446 g/mol. The Hall–Kier alpha value is -2.53. The van der Waals surface area contributed by atoms with Crippen LogP contribution in [0.3, 0.4) is 0 Å². The van der Waals surface area contributed by atoms with Gasteiger partial charge in [-0.2, -0.15) is 5.26 Å². The summed E-state index contributed by atoms with van der Waals surface area (Å²) in [4.78, 5) is 13.6. The fourth-order valence-electron chi connectivity index (χ4n) is 5.11. The van der Waals surface area contributed by atoms with Crippen molar-refractivity contribution in [2.75, 3.05) is 12.8 Å². The van der Waals surface area contributed by atoms with Crippen LogP contribution in [0, 0.1) is 36.0 Å². The Morgan fingerprint density at radius 2 is 2.03 bits per heavy atom. The molecule has 2 aliphatic rings. The highest BCUT2D eigenvalue weighted by atomic mass is 32.2. The molecule has 1 saturated carbocycles. The molecular formula is C26H37N5O2S. The van der Waals surface area contributed by atoms with Gasteiger partial charge in [0.1, 0.15) is 12.2 Å². The molecule has 3 rings (SSSR count). The molecule has 0 saturated heterocycles. The van der Waals surface area contributed by atoms with Gasteiger partial charge in [0.15, 0.2) is 0 Å². The summed E-state index contributed by atoms with van der Waals surface area (Å²) in [6.07, 6.45) is 18.1. The number of unbranched alkanes of at least 4 members (excludes halogenated alkanes) is 1. The number of nitrogens with one attached hydrogen (secondary N) is 1. The van der Waals surface area contributed by atoms with Gasteiger partial charge in [0, 0.05) is 29.8 Å². The lowest BCUT2D eigenvalue weighted by molar-refractivity contribution is 0.289. The van der Waals surface area contributed by atoms with Crippen LogP contribution in [-0.2, 0) is 10.0 Å². The van der Waals surface area contributed by atoms with E-state index in [1.807, 2.05) is 13.0 Å². The summed E-state index contributed by atoms with van der Waals surface area (Å²) in [6.45, 7) is 4.59. The number of rotatable bonds is 9. The van der Waals surface area contributed by atoms with E-state index in [0.29, 0.717) is 41.9 Å². The van der Waals surface area contributed by atoms with Gasteiger partial charge >= 0.3 is 0 Å². The first kappa shape index (κ1) is 26.1. The molecule has 1 N–H and O–H groups in total. The molecule has 1 aromatic rings. The second kappa shape index (κ2) is 12.3. The van der Waals surface area contributed by atoms with Crippen molar-refractivity contribution in [1.82, 2.24) is 14.7 Å². The Bertz CT molecular complexity index is 1080. The SMILES string of the molecule is CCC/C=C\c1c(C)ncnc1C1=CC(CC(CC#N)C2CCCC2)CCN=C1NS(C)(=O)=O. The van der Waals surface area contributed by atoms with Crippen molar-refractivity contribution in [3.63, 3.8) is 0 Å². The summed E-state index contributed by atoms with van der Waals surface area (Å²) in [7, 11) is -3.51. The van der Waals surface area contributed by atoms with Crippen LogP contribution >= 0.6 is 0 Å². The largest absolute Gasteiger partial charge is 0.267 e. The Kier molecular flexibility index (Phi) is 9.40. The fourth-order valence-corrected chi connectivity index (χ4v) is 5.63. The normalized spacial score (nSPS) is 20.5. The van der Waals surface area contributed by atoms with E-state index in [0.717, 1.165) is 43.2 Å². The lowest BCUT2D eigenvalue weighted by atomic mass is 9.80. The van der Waals surface area contributed by atoms with Gasteiger partial charge in [-0.25, -0.2) is 18.4 Å². The van der Waals surface area contributed by atoms with Gasteiger partial charge in [-0.15, -0.1) is 0 Å². The van der Waals surface area contributed by atoms with E-state index in [-0.39, 0.29) is 5.92 Å². The summed E-state index contributed by atoms with van der Waals surface area (Å²) in [5.41, 5.74) is 3.12. The predicted molar refractivity (Wildman–Crippen MR) is 137 cm³/mol. The number of amidine groups is 1. The van der Waals surface area contributed by atoms with Crippen molar-refractivity contribution in [3.05, 3.63) is 35.4 Å². The minimum Gasteiger partial charge on any atom is -0.267 e. The minimum absolute atomic E-state index is 0.194. The summed E-state index contributed by atoms with van der Waals surface area (Å²) < 4.78 is 27.0. The van der Waals surface area contributed by atoms with Crippen molar-refractivity contribution in [2.45, 2.75) is 71.6 Å². The summed E-state index contributed by atoms with van der Waals surface area (Å²) >= 11 is 0. The maximum atomic E-state index is 12.2. The van der Waals surface area contributed by atoms with Crippen molar-refractivity contribution in [3.8, 4) is 6.07 Å². The van der Waals surface area contributed by atoms with E-state index in [2.05, 4.69) is 44.8 Å². The van der Waals surface area contributed by atoms with Crippen LogP contribution in [0.25, 0.3) is 11.6 Å². The number of sulfonamides is 1. The van der Waals surface area contributed by atoms with Crippen LogP contribution in [0.15, 0.2) is 23.5 Å². The van der Waals surface area contributed by atoms with E-state index < -0.39 is 10.0 Å². The molecule has 2 heterocycles. The molecule has 0 aromatic carbocycles. The molecule has 1 fully saturated rings. The molecule has 0 amide bonds. The molecule has 1 aromatic heterocycles. The second-order valence-corrected chi connectivity index (χ2v) is 11.3. The van der Waals surface area contributed by atoms with Crippen LogP contribution in [-0.4, -0.2) is 37.0 Å². The number of aryl methyl sites for hydroxylation is 1. The second-order valence-electron chi connectivity index (χ2n) is 9.55. The quantitative estimate of drug-likeness (QED) is 0.528. The van der Waals surface area contributed by atoms with Crippen LogP contribution in [0.1, 0.15) is 81.7 Å². The molecule has 0 bridgehead atoms. The molecule has 184 valence electrons. The third-order valence-electron chi connectivity index (χ3n) is 6.81. The topological polar surface area (TPSA) is 108 Å². The standard InChI is InChI=1S/C26H37N5O2S/c1-4-5-6-11-23-19(2)29-18-30-25(23)24-17-20(13-15-28-26(24)31-34(3,32)33)16-22(12-14-27)21-9-7-8-10-21/h6,11,17-18,20-22H,4-5,7-10,12-13,15-16H2,1-3H3,(H,28,31)/b11-6-. The molecule has 34 heavy (non-hydrogen) atoms. The Balaban J connectivity index is 2.03. The predicted octanol–water partition coefficient (Wildman–Crippen LogP) is 5.06. The summed E-state index contributed by atoms with van der Waals surface area (Å²) in [5, 5.41) is 9.46. The van der Waals surface area contributed by atoms with Crippen molar-refractivity contribution in [1.29, 1.82) is 5.26 Å². The van der Waals surface area contributed by atoms with Gasteiger partial charge in [-0.1, -0.05) is 57.3 Å². The lowest BCUT2D eigenvalue weighted by Crippen LogP contribution is -2.31. The molecule has 0 spiro atoms. The minimum atomic E-state index is -3.51. The van der Waals surface area contributed by atoms with Crippen LogP contribution in [0.4, 0.5) is 0 Å². The average Bonchev–Trinajstić information content (AvgIpc) is 3.25. The smallest absolute Gasteiger partial charge is 0.230 e. The van der Waals surface area contributed by atoms with E-state index in [1.54, 1.807) is 0 Å². The number of aromatic nitrogens is 2. The molecule has 7 nitrogen and oxygen atoms in total. The number of hydrogen-bond acceptors (Lipinski definition) is 6. The van der Waals surface area contributed by atoms with Crippen molar-refractivity contribution >= 4 is 27.5 Å². The number of hydrogen-bond donors (Lipinski definition) is 1. The highest BCUT2D eigenvalue weighted by Crippen LogP contribution is 2.38. The van der Waals surface area contributed by atoms with E-state index in [4.69, 9.17) is 0 Å². The van der Waals surface area contributed by atoms with Gasteiger partial charge in [0.05, 0.1) is 18.0 Å². The number of nitrogens with zero attached hydrogens (tertiary/aromatic N) is 4. The first-order chi connectivity index (χ1) is 16.3. The molecule has 2 atom stereocenters. The maximum absolute atomic E-state index is 12.2. The monoisotopic (exact) mass is 483 g/mol. The molecule has 0 radical (unpaired) electrons. The van der Waals surface area contributed by atoms with Gasteiger partial charge in [0.25, 0.3) is 0 Å². The van der Waals surface area contributed by atoms with Crippen LogP contribution in [0.5, 0.6) is 0 Å². The van der Waals surface area contributed by atoms with Crippen molar-refractivity contribution in [2.24, 2.45) is 22.7 Å². The molecule has 1 aliphatic heterocycles. The maximum Gasteiger partial charge on any atom is 0.230 e. The van der Waals surface area contributed by atoms with Crippen molar-refractivity contribution < 1.29 is 8.42 Å². The lowest BCUT2D eigenvalue weighted by Gasteiger charge is -2.24. The van der Waals surface area contributed by atoms with Gasteiger partial charge < -0.3 is 0 Å². The average molecular weight is 484 g/mol. The number of aliphatic imine (C=N–C) groups is 1. The summed E-state index contributed by atoms with van der Waals surface area (Å²) in [6, 6.07) is 2.41. The number of allylic oxidation sites excluding steroid dienone is 2. The van der Waals surface area contributed by atoms with Gasteiger partial charge in [-0.05, 0) is 43.9 Å². The Morgan fingerprint density at radius 3 is 2.71 bits per heavy atom. The van der Waals surface area contributed by atoms with E-state index in [1.165, 1.54) is 32.0 Å². The molecule has 1 aliphatic carbocycles. The summed E-state index contributed by atoms with van der Waals surface area (Å²) in [5.74, 6) is 1.49.